The average molecular weight is 581 g/mol. The summed E-state index contributed by atoms with van der Waals surface area (Å²) in [6.45, 7) is 0.568. The van der Waals surface area contributed by atoms with Crippen LogP contribution in [0.15, 0.2) is 30.0 Å². The van der Waals surface area contributed by atoms with Crippen LogP contribution in [0.5, 0.6) is 11.5 Å². The maximum Gasteiger partial charge on any atom is 0.422 e. The highest BCUT2D eigenvalue weighted by Gasteiger charge is 2.39. The number of carbonyl (C=O) groups excluding carboxylic acids is 2. The minimum Gasteiger partial charge on any atom is -0.497 e. The number of amides is 2. The molecular formula is C28H35F3N4O6. The van der Waals surface area contributed by atoms with Gasteiger partial charge in [0.15, 0.2) is 18.6 Å². The number of aromatic nitrogens is 1. The number of rotatable bonds is 9. The number of methoxy groups -OCH3 is 1. The monoisotopic (exact) mass is 580 g/mol. The van der Waals surface area contributed by atoms with Crippen molar-refractivity contribution in [3.05, 3.63) is 52.5 Å². The summed E-state index contributed by atoms with van der Waals surface area (Å²) < 4.78 is 51.7. The number of nitrogens with one attached hydrogen (secondary N) is 1. The summed E-state index contributed by atoms with van der Waals surface area (Å²) in [6.07, 6.45) is -2.95. The van der Waals surface area contributed by atoms with Gasteiger partial charge in [-0.25, -0.2) is 0 Å². The number of alkyl halides is 3. The van der Waals surface area contributed by atoms with Gasteiger partial charge in [-0.15, -0.1) is 0 Å². The Hall–Kier alpha value is -3.71. The van der Waals surface area contributed by atoms with Gasteiger partial charge in [0, 0.05) is 38.4 Å². The van der Waals surface area contributed by atoms with Crippen molar-refractivity contribution >= 4 is 17.9 Å². The predicted molar refractivity (Wildman–Crippen MR) is 143 cm³/mol. The molecule has 4 rings (SSSR count). The maximum atomic E-state index is 13.5. The first-order chi connectivity index (χ1) is 19.5. The van der Waals surface area contributed by atoms with Crippen molar-refractivity contribution in [3.63, 3.8) is 0 Å². The van der Waals surface area contributed by atoms with E-state index in [0.29, 0.717) is 43.8 Å². The molecule has 1 fully saturated rings. The molecule has 3 heterocycles. The maximum absolute atomic E-state index is 13.5. The van der Waals surface area contributed by atoms with Crippen molar-refractivity contribution in [1.29, 1.82) is 0 Å². The van der Waals surface area contributed by atoms with Gasteiger partial charge >= 0.3 is 6.18 Å². The van der Waals surface area contributed by atoms with Crippen molar-refractivity contribution in [2.24, 2.45) is 7.05 Å². The minimum absolute atomic E-state index is 0.0796. The van der Waals surface area contributed by atoms with Crippen LogP contribution in [0.3, 0.4) is 0 Å². The first-order valence-corrected chi connectivity index (χ1v) is 13.4. The van der Waals surface area contributed by atoms with E-state index in [9.17, 15) is 27.9 Å². The SMILES string of the molecule is CCC1=Cc2c(c(OCC(F)(F)F)c(C(=O)NC3CCN(C(=O)CO)CC3)n2C)C(O)N1Cc1ccc(OC)cc1. The second-order valence-electron chi connectivity index (χ2n) is 10.1. The molecule has 13 heteroatoms. The average Bonchev–Trinajstić information content (AvgIpc) is 3.24. The van der Waals surface area contributed by atoms with Crippen LogP contribution < -0.4 is 14.8 Å². The summed E-state index contributed by atoms with van der Waals surface area (Å²) in [6, 6.07) is 6.88. The predicted octanol–water partition coefficient (Wildman–Crippen LogP) is 2.95. The number of aliphatic hydroxyl groups is 2. The van der Waals surface area contributed by atoms with Gasteiger partial charge in [0.05, 0.1) is 18.4 Å². The number of benzene rings is 1. The van der Waals surface area contributed by atoms with Crippen molar-refractivity contribution in [2.75, 3.05) is 33.4 Å². The molecule has 1 saturated heterocycles. The van der Waals surface area contributed by atoms with E-state index in [1.165, 1.54) is 9.47 Å². The number of hydrogen-bond donors (Lipinski definition) is 3. The standard InChI is InChI=1S/C28H35F3N4O6/c1-4-19-13-21-23(27(39)35(19)14-17-5-7-20(40-3)8-6-17)25(41-16-28(29,30)31)24(33(21)2)26(38)32-18-9-11-34(12-10-18)22(37)15-36/h5-8,13,18,27,36,39H,4,9-12,14-16H2,1-3H3,(H,32,38). The molecule has 2 amide bonds. The van der Waals surface area contributed by atoms with Crippen LogP contribution in [-0.4, -0.2) is 82.0 Å². The molecule has 10 nitrogen and oxygen atoms in total. The van der Waals surface area contributed by atoms with E-state index in [1.54, 1.807) is 37.3 Å². The summed E-state index contributed by atoms with van der Waals surface area (Å²) in [5, 5.41) is 23.5. The zero-order chi connectivity index (χ0) is 29.9. The highest BCUT2D eigenvalue weighted by atomic mass is 19.4. The van der Waals surface area contributed by atoms with Gasteiger partial charge in [0.25, 0.3) is 5.91 Å². The van der Waals surface area contributed by atoms with Crippen LogP contribution in [0.25, 0.3) is 6.08 Å². The van der Waals surface area contributed by atoms with Crippen molar-refractivity contribution in [2.45, 2.75) is 51.2 Å². The smallest absolute Gasteiger partial charge is 0.422 e. The van der Waals surface area contributed by atoms with E-state index < -0.39 is 37.4 Å². The Kier molecular flexibility index (Phi) is 9.17. The Morgan fingerprint density at radius 3 is 2.37 bits per heavy atom. The molecule has 1 aromatic carbocycles. The number of halogens is 3. The van der Waals surface area contributed by atoms with E-state index in [-0.39, 0.29) is 29.6 Å². The third-order valence-electron chi connectivity index (χ3n) is 7.45. The number of piperidine rings is 1. The minimum atomic E-state index is -4.67. The van der Waals surface area contributed by atoms with E-state index >= 15 is 0 Å². The van der Waals surface area contributed by atoms with Gasteiger partial charge in [0.1, 0.15) is 18.1 Å². The van der Waals surface area contributed by atoms with Gasteiger partial charge in [0.2, 0.25) is 5.91 Å². The lowest BCUT2D eigenvalue weighted by atomic mass is 10.0. The van der Waals surface area contributed by atoms with Gasteiger partial charge < -0.3 is 39.4 Å². The lowest BCUT2D eigenvalue weighted by Crippen LogP contribution is -2.47. The molecule has 0 saturated carbocycles. The van der Waals surface area contributed by atoms with Crippen LogP contribution in [-0.2, 0) is 18.4 Å². The fourth-order valence-electron chi connectivity index (χ4n) is 5.28. The molecule has 2 aliphatic rings. The molecule has 0 spiro atoms. The molecule has 3 N–H and O–H groups in total. The molecule has 1 atom stereocenters. The van der Waals surface area contributed by atoms with Crippen LogP contribution in [0.1, 0.15) is 59.7 Å². The lowest BCUT2D eigenvalue weighted by molar-refractivity contribution is -0.154. The fraction of sp³-hybridized carbons (Fsp3) is 0.500. The molecule has 2 aromatic rings. The summed E-state index contributed by atoms with van der Waals surface area (Å²) in [5.74, 6) is -0.719. The molecule has 2 aliphatic heterocycles. The third-order valence-corrected chi connectivity index (χ3v) is 7.45. The highest BCUT2D eigenvalue weighted by Crippen LogP contribution is 2.44. The second kappa shape index (κ2) is 12.4. The molecule has 224 valence electrons. The van der Waals surface area contributed by atoms with Crippen LogP contribution in [0.4, 0.5) is 13.2 Å². The Bertz CT molecular complexity index is 1280. The fourth-order valence-corrected chi connectivity index (χ4v) is 5.28. The van der Waals surface area contributed by atoms with Crippen molar-refractivity contribution in [3.8, 4) is 11.5 Å². The van der Waals surface area contributed by atoms with Crippen molar-refractivity contribution < 1.29 is 42.4 Å². The van der Waals surface area contributed by atoms with E-state index in [1.807, 2.05) is 19.1 Å². The second-order valence-corrected chi connectivity index (χ2v) is 10.1. The Labute approximate surface area is 235 Å². The zero-order valence-electron chi connectivity index (χ0n) is 23.2. The number of aliphatic hydroxyl groups excluding tert-OH is 2. The Morgan fingerprint density at radius 2 is 1.80 bits per heavy atom. The van der Waals surface area contributed by atoms with Gasteiger partial charge in [-0.05, 0) is 43.0 Å². The topological polar surface area (TPSA) is 117 Å². The number of carbonyl (C=O) groups is 2. The van der Waals surface area contributed by atoms with Crippen LogP contribution >= 0.6 is 0 Å². The molecule has 0 aliphatic carbocycles. The molecule has 0 bridgehead atoms. The lowest BCUT2D eigenvalue weighted by Gasteiger charge is -2.35. The number of likely N-dealkylation sites (tertiary alicyclic amines) is 1. The highest BCUT2D eigenvalue weighted by molar-refractivity contribution is 5.97. The normalized spacial score (nSPS) is 17.7. The van der Waals surface area contributed by atoms with Crippen molar-refractivity contribution in [1.82, 2.24) is 19.7 Å². The number of ether oxygens (including phenoxy) is 2. The number of hydrogen-bond acceptors (Lipinski definition) is 7. The molecule has 41 heavy (non-hydrogen) atoms. The first-order valence-electron chi connectivity index (χ1n) is 13.4. The van der Waals surface area contributed by atoms with E-state index in [2.05, 4.69) is 5.32 Å². The van der Waals surface area contributed by atoms with Gasteiger partial charge in [-0.2, -0.15) is 13.2 Å². The van der Waals surface area contributed by atoms with Gasteiger partial charge in [-0.3, -0.25) is 9.59 Å². The Balaban J connectivity index is 1.66. The largest absolute Gasteiger partial charge is 0.497 e. The molecule has 1 aromatic heterocycles. The molecule has 1 unspecified atom stereocenters. The number of fused-ring (bicyclic) bond motifs is 1. The summed E-state index contributed by atoms with van der Waals surface area (Å²) in [7, 11) is 3.10. The first kappa shape index (κ1) is 30.3. The van der Waals surface area contributed by atoms with Gasteiger partial charge in [-0.1, -0.05) is 19.1 Å². The quantitative estimate of drug-likeness (QED) is 0.418. The molecule has 0 radical (unpaired) electrons. The molecular weight excluding hydrogens is 545 g/mol. The number of allylic oxidation sites excluding steroid dienone is 1. The van der Waals surface area contributed by atoms with Crippen LogP contribution in [0.2, 0.25) is 0 Å². The number of nitrogens with zero attached hydrogens (tertiary/aromatic N) is 3. The summed E-state index contributed by atoms with van der Waals surface area (Å²) in [4.78, 5) is 28.4. The van der Waals surface area contributed by atoms with E-state index in [4.69, 9.17) is 14.6 Å². The zero-order valence-corrected chi connectivity index (χ0v) is 23.2. The summed E-state index contributed by atoms with van der Waals surface area (Å²) in [5.41, 5.74) is 1.90. The third kappa shape index (κ3) is 6.62. The van der Waals surface area contributed by atoms with E-state index in [0.717, 1.165) is 11.3 Å². The van der Waals surface area contributed by atoms with Crippen LogP contribution in [0, 0.1) is 0 Å². The summed E-state index contributed by atoms with van der Waals surface area (Å²) >= 11 is 0. The Morgan fingerprint density at radius 1 is 1.15 bits per heavy atom.